The second-order valence-electron chi connectivity index (χ2n) is 5.10. The van der Waals surface area contributed by atoms with Gasteiger partial charge in [0.05, 0.1) is 6.54 Å². The van der Waals surface area contributed by atoms with Crippen LogP contribution in [0, 0.1) is 5.82 Å². The van der Waals surface area contributed by atoms with E-state index in [1.54, 1.807) is 18.2 Å². The molecule has 0 saturated carbocycles. The van der Waals surface area contributed by atoms with Gasteiger partial charge in [-0.2, -0.15) is 0 Å². The van der Waals surface area contributed by atoms with Gasteiger partial charge in [0.2, 0.25) is 5.91 Å². The molecular weight excluding hydrogens is 297 g/mol. The van der Waals surface area contributed by atoms with E-state index in [9.17, 15) is 9.18 Å². The largest absolute Gasteiger partial charge is 0.486 e. The Kier molecular flexibility index (Phi) is 4.57. The van der Waals surface area contributed by atoms with Crippen LogP contribution in [0.5, 0.6) is 11.5 Å². The SMILES string of the molecule is O=C(C=Cc1ccccc1F)NCC1COc2ccccc2O1. The summed E-state index contributed by atoms with van der Waals surface area (Å²) in [6, 6.07) is 13.7. The van der Waals surface area contributed by atoms with Crippen LogP contribution in [-0.4, -0.2) is 25.2 Å². The highest BCUT2D eigenvalue weighted by Crippen LogP contribution is 2.30. The summed E-state index contributed by atoms with van der Waals surface area (Å²) < 4.78 is 24.7. The second kappa shape index (κ2) is 6.96. The van der Waals surface area contributed by atoms with Crippen molar-refractivity contribution in [1.29, 1.82) is 0 Å². The molecule has 3 rings (SSSR count). The Bertz CT molecular complexity index is 730. The van der Waals surface area contributed by atoms with Crippen LogP contribution in [0.15, 0.2) is 54.6 Å². The van der Waals surface area contributed by atoms with Gasteiger partial charge in [-0.1, -0.05) is 30.3 Å². The van der Waals surface area contributed by atoms with Gasteiger partial charge in [0, 0.05) is 11.6 Å². The smallest absolute Gasteiger partial charge is 0.244 e. The molecule has 23 heavy (non-hydrogen) atoms. The van der Waals surface area contributed by atoms with Crippen LogP contribution in [0.25, 0.3) is 6.08 Å². The zero-order valence-corrected chi connectivity index (χ0v) is 12.4. The molecule has 0 aliphatic carbocycles. The Labute approximate surface area is 133 Å². The number of amides is 1. The van der Waals surface area contributed by atoms with Crippen molar-refractivity contribution in [1.82, 2.24) is 5.32 Å². The summed E-state index contributed by atoms with van der Waals surface area (Å²) in [6.45, 7) is 0.684. The highest BCUT2D eigenvalue weighted by Gasteiger charge is 2.20. The number of para-hydroxylation sites is 2. The Morgan fingerprint density at radius 1 is 1.17 bits per heavy atom. The summed E-state index contributed by atoms with van der Waals surface area (Å²) in [5.74, 6) is 0.697. The molecule has 1 atom stereocenters. The van der Waals surface area contributed by atoms with Crippen molar-refractivity contribution in [2.45, 2.75) is 6.10 Å². The molecule has 0 bridgehead atoms. The number of nitrogens with one attached hydrogen (secondary N) is 1. The van der Waals surface area contributed by atoms with Crippen LogP contribution >= 0.6 is 0 Å². The fourth-order valence-electron chi connectivity index (χ4n) is 2.21. The molecule has 2 aromatic carbocycles. The van der Waals surface area contributed by atoms with Gasteiger partial charge in [-0.3, -0.25) is 4.79 Å². The molecule has 0 saturated heterocycles. The van der Waals surface area contributed by atoms with Crippen molar-refractivity contribution in [2.75, 3.05) is 13.2 Å². The number of hydrogen-bond acceptors (Lipinski definition) is 3. The number of fused-ring (bicyclic) bond motifs is 1. The number of hydrogen-bond donors (Lipinski definition) is 1. The standard InChI is InChI=1S/C18H16FNO3/c19-15-6-2-1-5-13(15)9-10-18(21)20-11-14-12-22-16-7-3-4-8-17(16)23-14/h1-10,14H,11-12H2,(H,20,21). The summed E-state index contributed by atoms with van der Waals surface area (Å²) in [6.07, 6.45) is 2.49. The first-order valence-electron chi connectivity index (χ1n) is 7.31. The van der Waals surface area contributed by atoms with Crippen molar-refractivity contribution in [3.63, 3.8) is 0 Å². The molecular formula is C18H16FNO3. The molecule has 2 aromatic rings. The summed E-state index contributed by atoms with van der Waals surface area (Å²) in [7, 11) is 0. The second-order valence-corrected chi connectivity index (χ2v) is 5.10. The monoisotopic (exact) mass is 313 g/mol. The minimum Gasteiger partial charge on any atom is -0.486 e. The lowest BCUT2D eigenvalue weighted by molar-refractivity contribution is -0.116. The third-order valence-corrected chi connectivity index (χ3v) is 3.39. The van der Waals surface area contributed by atoms with E-state index >= 15 is 0 Å². The maximum absolute atomic E-state index is 13.4. The molecule has 4 nitrogen and oxygen atoms in total. The van der Waals surface area contributed by atoms with Gasteiger partial charge in [0.15, 0.2) is 11.5 Å². The molecule has 0 aromatic heterocycles. The molecule has 0 spiro atoms. The van der Waals surface area contributed by atoms with E-state index in [1.165, 1.54) is 18.2 Å². The number of benzene rings is 2. The normalized spacial score (nSPS) is 16.3. The Morgan fingerprint density at radius 2 is 1.91 bits per heavy atom. The lowest BCUT2D eigenvalue weighted by Gasteiger charge is -2.26. The van der Waals surface area contributed by atoms with Crippen molar-refractivity contribution in [3.05, 3.63) is 66.0 Å². The van der Waals surface area contributed by atoms with Crippen LogP contribution in [-0.2, 0) is 4.79 Å². The Balaban J connectivity index is 1.51. The van der Waals surface area contributed by atoms with E-state index in [4.69, 9.17) is 9.47 Å². The summed E-state index contributed by atoms with van der Waals surface area (Å²) in [5, 5.41) is 2.72. The molecule has 1 N–H and O–H groups in total. The van der Waals surface area contributed by atoms with Crippen LogP contribution < -0.4 is 14.8 Å². The minimum absolute atomic E-state index is 0.254. The predicted molar refractivity (Wildman–Crippen MR) is 84.8 cm³/mol. The van der Waals surface area contributed by atoms with Crippen LogP contribution in [0.4, 0.5) is 4.39 Å². The highest BCUT2D eigenvalue weighted by atomic mass is 19.1. The Hall–Kier alpha value is -2.82. The van der Waals surface area contributed by atoms with E-state index in [0.717, 1.165) is 0 Å². The quantitative estimate of drug-likeness (QED) is 0.883. The van der Waals surface area contributed by atoms with E-state index in [1.807, 2.05) is 24.3 Å². The van der Waals surface area contributed by atoms with Crippen LogP contribution in [0.1, 0.15) is 5.56 Å². The Morgan fingerprint density at radius 3 is 2.74 bits per heavy atom. The van der Waals surface area contributed by atoms with Crippen molar-refractivity contribution >= 4 is 12.0 Å². The number of carbonyl (C=O) groups is 1. The number of carbonyl (C=O) groups excluding carboxylic acids is 1. The first-order chi connectivity index (χ1) is 11.2. The molecule has 1 aliphatic rings. The lowest BCUT2D eigenvalue weighted by Crippen LogP contribution is -2.40. The molecule has 0 radical (unpaired) electrons. The summed E-state index contributed by atoms with van der Waals surface area (Å²) in [4.78, 5) is 11.8. The molecule has 1 amide bonds. The van der Waals surface area contributed by atoms with Gasteiger partial charge in [-0.25, -0.2) is 4.39 Å². The zero-order chi connectivity index (χ0) is 16.1. The minimum atomic E-state index is -0.364. The third-order valence-electron chi connectivity index (χ3n) is 3.39. The lowest BCUT2D eigenvalue weighted by atomic mass is 10.2. The van der Waals surface area contributed by atoms with Crippen LogP contribution in [0.3, 0.4) is 0 Å². The molecule has 1 heterocycles. The van der Waals surface area contributed by atoms with Crippen molar-refractivity contribution in [3.8, 4) is 11.5 Å². The number of rotatable bonds is 4. The molecule has 1 unspecified atom stereocenters. The first-order valence-corrected chi connectivity index (χ1v) is 7.31. The van der Waals surface area contributed by atoms with Crippen molar-refractivity contribution in [2.24, 2.45) is 0 Å². The van der Waals surface area contributed by atoms with Crippen molar-refractivity contribution < 1.29 is 18.7 Å². The van der Waals surface area contributed by atoms with Gasteiger partial charge in [0.1, 0.15) is 18.5 Å². The van der Waals surface area contributed by atoms with E-state index < -0.39 is 0 Å². The molecule has 1 aliphatic heterocycles. The first kappa shape index (κ1) is 15.1. The predicted octanol–water partition coefficient (Wildman–Crippen LogP) is 2.80. The van der Waals surface area contributed by atoms with Gasteiger partial charge in [-0.05, 0) is 24.3 Å². The molecule has 5 heteroatoms. The van der Waals surface area contributed by atoms with E-state index in [2.05, 4.69) is 5.32 Å². The average Bonchev–Trinajstić information content (AvgIpc) is 2.59. The zero-order valence-electron chi connectivity index (χ0n) is 12.4. The fraction of sp³-hybridized carbons (Fsp3) is 0.167. The highest BCUT2D eigenvalue weighted by molar-refractivity contribution is 5.91. The van der Waals surface area contributed by atoms with E-state index in [0.29, 0.717) is 30.2 Å². The topological polar surface area (TPSA) is 47.6 Å². The number of ether oxygens (including phenoxy) is 2. The van der Waals surface area contributed by atoms with Gasteiger partial charge >= 0.3 is 0 Å². The van der Waals surface area contributed by atoms with Gasteiger partial charge in [-0.15, -0.1) is 0 Å². The summed E-state index contributed by atoms with van der Waals surface area (Å²) >= 11 is 0. The van der Waals surface area contributed by atoms with Crippen LogP contribution in [0.2, 0.25) is 0 Å². The number of halogens is 1. The third kappa shape index (κ3) is 3.88. The average molecular weight is 313 g/mol. The van der Waals surface area contributed by atoms with E-state index in [-0.39, 0.29) is 17.8 Å². The van der Waals surface area contributed by atoms with Gasteiger partial charge in [0.25, 0.3) is 0 Å². The maximum Gasteiger partial charge on any atom is 0.244 e. The fourth-order valence-corrected chi connectivity index (χ4v) is 2.21. The van der Waals surface area contributed by atoms with Gasteiger partial charge < -0.3 is 14.8 Å². The summed E-state index contributed by atoms with van der Waals surface area (Å²) in [5.41, 5.74) is 0.369. The maximum atomic E-state index is 13.4. The molecule has 0 fully saturated rings. The molecule has 118 valence electrons.